The normalized spacial score (nSPS) is 22.8. The summed E-state index contributed by atoms with van der Waals surface area (Å²) in [5.41, 5.74) is -0.243. The largest absolute Gasteiger partial charge is 0.394 e. The second-order valence-corrected chi connectivity index (χ2v) is 5.52. The summed E-state index contributed by atoms with van der Waals surface area (Å²) in [4.78, 5) is 14.9. The molecule has 1 aliphatic carbocycles. The van der Waals surface area contributed by atoms with Crippen molar-refractivity contribution in [3.05, 3.63) is 0 Å². The van der Waals surface area contributed by atoms with Gasteiger partial charge >= 0.3 is 0 Å². The molecule has 0 aromatic rings. The Morgan fingerprint density at radius 1 is 1.16 bits per heavy atom. The fourth-order valence-corrected chi connectivity index (χ4v) is 3.36. The van der Waals surface area contributed by atoms with Crippen LogP contribution in [0.5, 0.6) is 0 Å². The van der Waals surface area contributed by atoms with Crippen LogP contribution in [0.4, 0.5) is 0 Å². The van der Waals surface area contributed by atoms with E-state index in [1.807, 2.05) is 0 Å². The summed E-state index contributed by atoms with van der Waals surface area (Å²) in [6.45, 7) is 3.51. The Labute approximate surface area is 115 Å². The van der Waals surface area contributed by atoms with E-state index in [9.17, 15) is 4.79 Å². The van der Waals surface area contributed by atoms with Crippen LogP contribution in [-0.4, -0.2) is 60.9 Å². The molecular formula is C14H26N2O3. The summed E-state index contributed by atoms with van der Waals surface area (Å²) in [5.74, 6) is 0.180. The van der Waals surface area contributed by atoms with E-state index in [1.54, 1.807) is 0 Å². The van der Waals surface area contributed by atoms with Gasteiger partial charge in [0.25, 0.3) is 0 Å². The first kappa shape index (κ1) is 14.8. The minimum Gasteiger partial charge on any atom is -0.394 e. The van der Waals surface area contributed by atoms with Crippen molar-refractivity contribution in [2.75, 3.05) is 39.5 Å². The Hall–Kier alpha value is -0.650. The van der Waals surface area contributed by atoms with E-state index in [0.717, 1.165) is 38.8 Å². The molecule has 1 aliphatic heterocycles. The minimum absolute atomic E-state index is 0.0334. The van der Waals surface area contributed by atoms with Gasteiger partial charge in [0.15, 0.2) is 0 Å². The molecule has 0 unspecified atom stereocenters. The molecule has 1 heterocycles. The second-order valence-electron chi connectivity index (χ2n) is 5.52. The molecule has 2 aliphatic rings. The Morgan fingerprint density at radius 2 is 1.84 bits per heavy atom. The number of carbonyl (C=O) groups is 1. The Morgan fingerprint density at radius 3 is 2.47 bits per heavy atom. The zero-order valence-corrected chi connectivity index (χ0v) is 11.7. The van der Waals surface area contributed by atoms with Gasteiger partial charge in [0, 0.05) is 6.54 Å². The fourth-order valence-electron chi connectivity index (χ4n) is 3.36. The number of hydrogen-bond acceptors (Lipinski definition) is 4. The smallest absolute Gasteiger partial charge is 0.240 e. The number of aliphatic hydroxyl groups is 1. The van der Waals surface area contributed by atoms with E-state index in [-0.39, 0.29) is 18.1 Å². The van der Waals surface area contributed by atoms with Crippen LogP contribution < -0.4 is 5.32 Å². The van der Waals surface area contributed by atoms with Crippen LogP contribution in [0.15, 0.2) is 0 Å². The van der Waals surface area contributed by atoms with Crippen LogP contribution in [0.1, 0.15) is 38.5 Å². The van der Waals surface area contributed by atoms with Crippen molar-refractivity contribution in [3.8, 4) is 0 Å². The number of carbonyl (C=O) groups excluding carboxylic acids is 1. The molecule has 1 saturated heterocycles. The summed E-state index contributed by atoms with van der Waals surface area (Å²) in [5, 5.41) is 11.6. The number of nitrogens with one attached hydrogen (secondary N) is 1. The quantitative estimate of drug-likeness (QED) is 0.662. The zero-order valence-electron chi connectivity index (χ0n) is 11.7. The third-order valence-electron chi connectivity index (χ3n) is 4.33. The van der Waals surface area contributed by atoms with Crippen LogP contribution in [0.3, 0.4) is 0 Å². The molecule has 5 nitrogen and oxygen atoms in total. The first-order valence-corrected chi connectivity index (χ1v) is 7.51. The summed E-state index contributed by atoms with van der Waals surface area (Å²) < 4.78 is 5.18. The van der Waals surface area contributed by atoms with Crippen molar-refractivity contribution < 1.29 is 14.6 Å². The molecule has 1 saturated carbocycles. The Balaban J connectivity index is 1.82. The van der Waals surface area contributed by atoms with Gasteiger partial charge in [-0.2, -0.15) is 0 Å². The highest BCUT2D eigenvalue weighted by atomic mass is 16.5. The van der Waals surface area contributed by atoms with Crippen LogP contribution in [0.25, 0.3) is 0 Å². The maximum Gasteiger partial charge on any atom is 0.240 e. The fraction of sp³-hybridized carbons (Fsp3) is 0.929. The zero-order chi connectivity index (χ0) is 13.6. The maximum atomic E-state index is 12.5. The van der Waals surface area contributed by atoms with E-state index >= 15 is 0 Å². The average molecular weight is 270 g/mol. The van der Waals surface area contributed by atoms with Gasteiger partial charge in [-0.25, -0.2) is 0 Å². The maximum absolute atomic E-state index is 12.5. The summed E-state index contributed by atoms with van der Waals surface area (Å²) in [6, 6.07) is 0. The molecule has 0 atom stereocenters. The number of ether oxygens (including phenoxy) is 1. The molecule has 0 spiro atoms. The van der Waals surface area contributed by atoms with Gasteiger partial charge in [-0.05, 0) is 38.8 Å². The molecule has 2 fully saturated rings. The van der Waals surface area contributed by atoms with Crippen LogP contribution in [0.2, 0.25) is 0 Å². The first-order chi connectivity index (χ1) is 9.29. The predicted molar refractivity (Wildman–Crippen MR) is 72.9 cm³/mol. The summed E-state index contributed by atoms with van der Waals surface area (Å²) >= 11 is 0. The minimum atomic E-state index is -0.243. The van der Waals surface area contributed by atoms with Crippen LogP contribution >= 0.6 is 0 Å². The highest BCUT2D eigenvalue weighted by Gasteiger charge is 2.46. The average Bonchev–Trinajstić information content (AvgIpc) is 3.09. The summed E-state index contributed by atoms with van der Waals surface area (Å²) in [6.07, 6.45) is 6.74. The second kappa shape index (κ2) is 7.22. The molecular weight excluding hydrogens is 244 g/mol. The third kappa shape index (κ3) is 3.46. The number of hydrogen-bond donors (Lipinski definition) is 2. The standard InChI is InChI=1S/C14H26N2O3/c17-10-12-19-11-7-15-13(18)14(5-1-2-6-14)16-8-3-4-9-16/h17H,1-12H2,(H,15,18). The topological polar surface area (TPSA) is 61.8 Å². The lowest BCUT2D eigenvalue weighted by molar-refractivity contribution is -0.133. The van der Waals surface area contributed by atoms with Gasteiger partial charge in [0.1, 0.15) is 5.54 Å². The molecule has 0 radical (unpaired) electrons. The lowest BCUT2D eigenvalue weighted by Gasteiger charge is -2.37. The predicted octanol–water partition coefficient (Wildman–Crippen LogP) is 0.520. The number of amides is 1. The van der Waals surface area contributed by atoms with Gasteiger partial charge in [-0.3, -0.25) is 9.69 Å². The van der Waals surface area contributed by atoms with E-state index in [1.165, 1.54) is 12.8 Å². The van der Waals surface area contributed by atoms with Crippen LogP contribution in [0, 0.1) is 0 Å². The Bertz CT molecular complexity index is 284. The van der Waals surface area contributed by atoms with Gasteiger partial charge < -0.3 is 15.2 Å². The monoisotopic (exact) mass is 270 g/mol. The molecule has 0 aromatic carbocycles. The molecule has 2 N–H and O–H groups in total. The van der Waals surface area contributed by atoms with Crippen LogP contribution in [-0.2, 0) is 9.53 Å². The molecule has 1 amide bonds. The number of aliphatic hydroxyl groups excluding tert-OH is 1. The SMILES string of the molecule is O=C(NCCOCCO)C1(N2CCCC2)CCCC1. The van der Waals surface area contributed by atoms with Crippen molar-refractivity contribution >= 4 is 5.91 Å². The molecule has 110 valence electrons. The number of rotatable bonds is 7. The van der Waals surface area contributed by atoms with Gasteiger partial charge in [-0.1, -0.05) is 12.8 Å². The molecule has 0 aromatic heterocycles. The first-order valence-electron chi connectivity index (χ1n) is 7.51. The van der Waals surface area contributed by atoms with E-state index in [2.05, 4.69) is 10.2 Å². The highest BCUT2D eigenvalue weighted by molar-refractivity contribution is 5.86. The van der Waals surface area contributed by atoms with Gasteiger partial charge in [0.2, 0.25) is 5.91 Å². The van der Waals surface area contributed by atoms with E-state index in [4.69, 9.17) is 9.84 Å². The summed E-state index contributed by atoms with van der Waals surface area (Å²) in [7, 11) is 0. The third-order valence-corrected chi connectivity index (χ3v) is 4.33. The van der Waals surface area contributed by atoms with Crippen molar-refractivity contribution in [2.24, 2.45) is 0 Å². The molecule has 0 bridgehead atoms. The van der Waals surface area contributed by atoms with Gasteiger partial charge in [0.05, 0.1) is 19.8 Å². The number of nitrogens with zero attached hydrogens (tertiary/aromatic N) is 1. The van der Waals surface area contributed by atoms with E-state index in [0.29, 0.717) is 19.8 Å². The van der Waals surface area contributed by atoms with Gasteiger partial charge in [-0.15, -0.1) is 0 Å². The lowest BCUT2D eigenvalue weighted by atomic mass is 9.94. The van der Waals surface area contributed by atoms with Crippen molar-refractivity contribution in [1.82, 2.24) is 10.2 Å². The highest BCUT2D eigenvalue weighted by Crippen LogP contribution is 2.37. The molecule has 5 heteroatoms. The lowest BCUT2D eigenvalue weighted by Crippen LogP contribution is -2.56. The molecule has 19 heavy (non-hydrogen) atoms. The van der Waals surface area contributed by atoms with Crippen molar-refractivity contribution in [3.63, 3.8) is 0 Å². The van der Waals surface area contributed by atoms with Crippen molar-refractivity contribution in [1.29, 1.82) is 0 Å². The van der Waals surface area contributed by atoms with E-state index < -0.39 is 0 Å². The molecule has 2 rings (SSSR count). The number of likely N-dealkylation sites (tertiary alicyclic amines) is 1. The Kier molecular flexibility index (Phi) is 5.60. The van der Waals surface area contributed by atoms with Crippen molar-refractivity contribution in [2.45, 2.75) is 44.1 Å².